The predicted molar refractivity (Wildman–Crippen MR) is 108 cm³/mol. The summed E-state index contributed by atoms with van der Waals surface area (Å²) in [6, 6.07) is 9.37. The molecule has 0 spiro atoms. The van der Waals surface area contributed by atoms with Gasteiger partial charge in [-0.25, -0.2) is 12.1 Å². The Morgan fingerprint density at radius 1 is 0.692 bits per heavy atom. The molecule has 0 heterocycles. The van der Waals surface area contributed by atoms with E-state index in [1.54, 1.807) is 45.6 Å². The third-order valence-electron chi connectivity index (χ3n) is 4.72. The Bertz CT molecular complexity index is 502. The van der Waals surface area contributed by atoms with Gasteiger partial charge in [-0.15, -0.1) is 0 Å². The van der Waals surface area contributed by atoms with E-state index in [0.29, 0.717) is 0 Å². The van der Waals surface area contributed by atoms with Crippen LogP contribution in [0, 0.1) is 28.7 Å². The topological polar surface area (TPSA) is 0 Å². The Morgan fingerprint density at radius 2 is 1.00 bits per heavy atom. The van der Waals surface area contributed by atoms with Crippen molar-refractivity contribution in [3.05, 3.63) is 72.5 Å². The van der Waals surface area contributed by atoms with Gasteiger partial charge in [-0.3, -0.25) is 0 Å². The van der Waals surface area contributed by atoms with Gasteiger partial charge in [-0.2, -0.15) is 45.5 Å². The quantitative estimate of drug-likeness (QED) is 0.336. The summed E-state index contributed by atoms with van der Waals surface area (Å²) in [5.41, 5.74) is 9.36. The summed E-state index contributed by atoms with van der Waals surface area (Å²) in [4.78, 5) is 0. The Hall–Kier alpha value is 0.380. The fourth-order valence-corrected chi connectivity index (χ4v) is 3.75. The first-order valence-corrected chi connectivity index (χ1v) is 14.5. The van der Waals surface area contributed by atoms with Crippen LogP contribution in [0.1, 0.15) is 59.1 Å². The van der Waals surface area contributed by atoms with Gasteiger partial charge in [0, 0.05) is 0 Å². The normalized spacial score (nSPS) is 13.2. The molecule has 0 aliphatic heterocycles. The molecule has 0 fully saturated rings. The van der Waals surface area contributed by atoms with Crippen molar-refractivity contribution in [2.24, 2.45) is 0 Å². The number of rotatable bonds is 0. The molecule has 0 atom stereocenters. The fourth-order valence-electron chi connectivity index (χ4n) is 3.75. The van der Waals surface area contributed by atoms with E-state index in [2.05, 4.69) is 38.1 Å². The van der Waals surface area contributed by atoms with Crippen molar-refractivity contribution in [2.45, 2.75) is 65.2 Å². The van der Waals surface area contributed by atoms with Gasteiger partial charge in [0.05, 0.1) is 0 Å². The number of aryl methyl sites for hydroxylation is 6. The second-order valence-electron chi connectivity index (χ2n) is 6.58. The maximum absolute atomic E-state index is 2.34. The van der Waals surface area contributed by atoms with Gasteiger partial charge >= 0.3 is 30.2 Å². The number of fused-ring (bicyclic) bond motifs is 2. The van der Waals surface area contributed by atoms with Crippen LogP contribution >= 0.6 is 0 Å². The van der Waals surface area contributed by atoms with E-state index < -0.39 is 0 Å². The standard InChI is InChI=1S/2C10H13.2CH3.2ClH.H2Si.Zr/c2*1-8-6-9-4-2-3-5-10(9)7-8;;;;;;/h2*6-7H,2-5H2,1H3;2*1H3;2*1H;1H2;/q4*-1;;;;+2/p-2. The van der Waals surface area contributed by atoms with E-state index in [1.807, 2.05) is 6.88 Å². The van der Waals surface area contributed by atoms with Gasteiger partial charge in [0.2, 0.25) is 0 Å². The van der Waals surface area contributed by atoms with E-state index in [-0.39, 0.29) is 39.7 Å². The van der Waals surface area contributed by atoms with Gasteiger partial charge in [0.25, 0.3) is 0 Å². The maximum atomic E-state index is 2.34. The van der Waals surface area contributed by atoms with E-state index in [1.165, 1.54) is 62.5 Å². The summed E-state index contributed by atoms with van der Waals surface area (Å²) in [7, 11) is 0. The Morgan fingerprint density at radius 3 is 1.31 bits per heavy atom. The summed E-state index contributed by atoms with van der Waals surface area (Å²) in [5, 5.41) is 0. The van der Waals surface area contributed by atoms with E-state index in [9.17, 15) is 0 Å². The van der Waals surface area contributed by atoms with Crippen molar-refractivity contribution in [3.63, 3.8) is 0 Å². The first-order chi connectivity index (χ1) is 10.7. The SMILES string of the molecule is Cc1cc2c([cH-]1)CCCC2.Cc1cc2c([cH-]1)CCCC2.[CH3-].[CH3-].[Cl-].[Cl-].[SiH2]=[Zr+2]. The first kappa shape index (κ1) is 31.1. The van der Waals surface area contributed by atoms with Crippen LogP contribution in [0.15, 0.2) is 24.3 Å². The van der Waals surface area contributed by atoms with Crippen molar-refractivity contribution in [3.8, 4) is 0 Å². The number of hydrogen-bond acceptors (Lipinski definition) is 0. The molecule has 2 aliphatic carbocycles. The molecule has 0 N–H and O–H groups in total. The molecule has 2 aromatic rings. The van der Waals surface area contributed by atoms with Crippen molar-refractivity contribution >= 4 is 6.88 Å². The Balaban J connectivity index is -0.000000326. The van der Waals surface area contributed by atoms with E-state index in [4.69, 9.17) is 0 Å². The minimum absolute atomic E-state index is 0. The molecule has 148 valence electrons. The van der Waals surface area contributed by atoms with Crippen molar-refractivity contribution in [1.82, 2.24) is 0 Å². The van der Waals surface area contributed by atoms with Crippen LogP contribution in [0.5, 0.6) is 0 Å². The van der Waals surface area contributed by atoms with Crippen LogP contribution < -0.4 is 24.8 Å². The van der Waals surface area contributed by atoms with Crippen LogP contribution in [0.25, 0.3) is 0 Å². The molecule has 0 radical (unpaired) electrons. The molecule has 4 heteroatoms. The molecular formula is C22H34Cl2SiZr-4. The van der Waals surface area contributed by atoms with Crippen LogP contribution in [0.4, 0.5) is 0 Å². The molecule has 0 amide bonds. The summed E-state index contributed by atoms with van der Waals surface area (Å²) in [6.45, 7) is 6.34. The van der Waals surface area contributed by atoms with Gasteiger partial charge < -0.3 is 39.7 Å². The predicted octanol–water partition coefficient (Wildman–Crippen LogP) is -0.825. The molecule has 2 aliphatic rings. The van der Waals surface area contributed by atoms with Gasteiger partial charge in [-0.1, -0.05) is 65.2 Å². The number of halogens is 2. The minimum atomic E-state index is 0. The van der Waals surface area contributed by atoms with Gasteiger partial charge in [-0.05, 0) is 0 Å². The molecule has 0 nitrogen and oxygen atoms in total. The zero-order valence-electron chi connectivity index (χ0n) is 16.9. The third-order valence-corrected chi connectivity index (χ3v) is 4.72. The summed E-state index contributed by atoms with van der Waals surface area (Å²) in [5.74, 6) is 0. The van der Waals surface area contributed by atoms with E-state index in [0.717, 1.165) is 0 Å². The molecule has 0 saturated carbocycles. The molecule has 0 unspecified atom stereocenters. The van der Waals surface area contributed by atoms with Gasteiger partial charge in [0.15, 0.2) is 0 Å². The number of hydrogen-bond donors (Lipinski definition) is 0. The molecular weight excluding hydrogens is 454 g/mol. The van der Waals surface area contributed by atoms with Gasteiger partial charge in [0.1, 0.15) is 0 Å². The third kappa shape index (κ3) is 9.05. The first-order valence-electron chi connectivity index (χ1n) is 8.58. The zero-order chi connectivity index (χ0) is 15.9. The molecule has 4 rings (SSSR count). The Kier molecular flexibility index (Phi) is 19.5. The van der Waals surface area contributed by atoms with E-state index >= 15 is 0 Å². The van der Waals surface area contributed by atoms with Crippen molar-refractivity contribution in [1.29, 1.82) is 0 Å². The monoisotopic (exact) mass is 486 g/mol. The second-order valence-corrected chi connectivity index (χ2v) is 6.58. The van der Waals surface area contributed by atoms with Crippen LogP contribution in [-0.4, -0.2) is 6.88 Å². The average molecular weight is 489 g/mol. The molecule has 0 aromatic heterocycles. The summed E-state index contributed by atoms with van der Waals surface area (Å²) in [6.07, 6.45) is 10.9. The van der Waals surface area contributed by atoms with Crippen molar-refractivity contribution in [2.75, 3.05) is 0 Å². The summed E-state index contributed by atoms with van der Waals surface area (Å²) >= 11 is 1.58. The molecule has 0 saturated heterocycles. The molecule has 0 bridgehead atoms. The fraction of sp³-hybridized carbons (Fsp3) is 0.455. The zero-order valence-corrected chi connectivity index (χ0v) is 22.3. The summed E-state index contributed by atoms with van der Waals surface area (Å²) < 4.78 is 0. The Labute approximate surface area is 191 Å². The average Bonchev–Trinajstić information content (AvgIpc) is 3.10. The van der Waals surface area contributed by atoms with Crippen LogP contribution in [0.2, 0.25) is 0 Å². The second kappa shape index (κ2) is 16.3. The molecule has 2 aromatic carbocycles. The van der Waals surface area contributed by atoms with Crippen LogP contribution in [0.3, 0.4) is 0 Å². The molecule has 26 heavy (non-hydrogen) atoms. The van der Waals surface area contributed by atoms with Crippen molar-refractivity contribution < 1.29 is 48.1 Å². The van der Waals surface area contributed by atoms with Crippen LogP contribution in [-0.2, 0) is 49.0 Å².